The van der Waals surface area contributed by atoms with Crippen LogP contribution in [-0.4, -0.2) is 34.2 Å². The van der Waals surface area contributed by atoms with Gasteiger partial charge < -0.3 is 15.5 Å². The molecule has 2 aromatic carbocycles. The van der Waals surface area contributed by atoms with Gasteiger partial charge in [-0.15, -0.1) is 0 Å². The van der Waals surface area contributed by atoms with Crippen LogP contribution in [0.15, 0.2) is 36.4 Å². The van der Waals surface area contributed by atoms with Crippen molar-refractivity contribution in [3.05, 3.63) is 69.8 Å². The van der Waals surface area contributed by atoms with E-state index in [1.807, 2.05) is 19.1 Å². The molecule has 5 heteroatoms. The number of aryl methyl sites for hydroxylation is 2. The third-order valence-corrected chi connectivity index (χ3v) is 8.71. The zero-order valence-corrected chi connectivity index (χ0v) is 24.3. The quantitative estimate of drug-likeness (QED) is 0.319. The van der Waals surface area contributed by atoms with Gasteiger partial charge in [-0.3, -0.25) is 9.59 Å². The van der Waals surface area contributed by atoms with Gasteiger partial charge >= 0.3 is 5.97 Å². The van der Waals surface area contributed by atoms with E-state index in [2.05, 4.69) is 85.0 Å². The normalized spacial score (nSPS) is 14.6. The molecule has 2 aromatic rings. The highest BCUT2D eigenvalue weighted by Crippen LogP contribution is 2.42. The van der Waals surface area contributed by atoms with Crippen molar-refractivity contribution < 1.29 is 19.8 Å². The summed E-state index contributed by atoms with van der Waals surface area (Å²) in [5, 5.41) is 22.8. The Labute approximate surface area is 223 Å². The van der Waals surface area contributed by atoms with Gasteiger partial charge in [0.15, 0.2) is 0 Å². The van der Waals surface area contributed by atoms with Crippen molar-refractivity contribution in [3.8, 4) is 0 Å². The molecule has 0 saturated carbocycles. The van der Waals surface area contributed by atoms with Crippen LogP contribution in [-0.2, 0) is 16.6 Å². The summed E-state index contributed by atoms with van der Waals surface area (Å²) < 4.78 is 0. The van der Waals surface area contributed by atoms with Crippen LogP contribution in [0.25, 0.3) is 0 Å². The summed E-state index contributed by atoms with van der Waals surface area (Å²) >= 11 is 0. The standard InChI is InChI=1S/C32H47NO4/c1-10-31(11-2,26-15-16-27(22(5)18-26)29(36)33-20-28(34)35)25-14-13-24(21(4)17-25)19-23(6)32(37,12-3)30(7,8)9/h13-18,23,37H,10-12,19-20H2,1-9H3,(H,33,36)(H,34,35). The van der Waals surface area contributed by atoms with Crippen LogP contribution in [0, 0.1) is 25.2 Å². The number of benzene rings is 2. The second kappa shape index (κ2) is 11.8. The molecule has 0 bridgehead atoms. The Bertz CT molecular complexity index is 1110. The number of hydrogen-bond donors (Lipinski definition) is 3. The van der Waals surface area contributed by atoms with E-state index in [4.69, 9.17) is 5.11 Å². The van der Waals surface area contributed by atoms with Gasteiger partial charge in [-0.2, -0.15) is 0 Å². The van der Waals surface area contributed by atoms with Crippen LogP contribution in [0.3, 0.4) is 0 Å². The number of carboxylic acids is 1. The van der Waals surface area contributed by atoms with Gasteiger partial charge in [0.05, 0.1) is 5.60 Å². The number of aliphatic carboxylic acids is 1. The Morgan fingerprint density at radius 3 is 1.86 bits per heavy atom. The zero-order valence-electron chi connectivity index (χ0n) is 24.3. The van der Waals surface area contributed by atoms with Gasteiger partial charge in [-0.25, -0.2) is 0 Å². The van der Waals surface area contributed by atoms with E-state index in [9.17, 15) is 14.7 Å². The lowest BCUT2D eigenvalue weighted by atomic mass is 9.66. The third kappa shape index (κ3) is 6.26. The van der Waals surface area contributed by atoms with Gasteiger partial charge in [0, 0.05) is 11.0 Å². The summed E-state index contributed by atoms with van der Waals surface area (Å²) in [6, 6.07) is 12.6. The molecule has 3 N–H and O–H groups in total. The number of carboxylic acid groups (broad SMARTS) is 1. The molecule has 0 spiro atoms. The molecule has 0 aliphatic carbocycles. The maximum Gasteiger partial charge on any atom is 0.322 e. The average molecular weight is 510 g/mol. The van der Waals surface area contributed by atoms with Crippen molar-refractivity contribution in [2.24, 2.45) is 11.3 Å². The van der Waals surface area contributed by atoms with Gasteiger partial charge in [0.25, 0.3) is 5.91 Å². The number of carbonyl (C=O) groups excluding carboxylic acids is 1. The molecular formula is C32H47NO4. The Hall–Kier alpha value is -2.66. The monoisotopic (exact) mass is 509 g/mol. The van der Waals surface area contributed by atoms with Crippen molar-refractivity contribution in [1.29, 1.82) is 0 Å². The summed E-state index contributed by atoms with van der Waals surface area (Å²) in [7, 11) is 0. The molecule has 0 aliphatic heterocycles. The molecule has 0 saturated heterocycles. The van der Waals surface area contributed by atoms with E-state index in [1.54, 1.807) is 0 Å². The highest BCUT2D eigenvalue weighted by atomic mass is 16.4. The molecule has 0 aliphatic rings. The maximum atomic E-state index is 12.5. The fourth-order valence-electron chi connectivity index (χ4n) is 6.04. The minimum Gasteiger partial charge on any atom is -0.480 e. The molecule has 0 aromatic heterocycles. The molecule has 0 radical (unpaired) electrons. The maximum absolute atomic E-state index is 12.5. The first kappa shape index (κ1) is 30.6. The Balaban J connectivity index is 2.43. The smallest absolute Gasteiger partial charge is 0.322 e. The number of amides is 1. The average Bonchev–Trinajstić information content (AvgIpc) is 2.83. The molecular weight excluding hydrogens is 462 g/mol. The Morgan fingerprint density at radius 2 is 1.43 bits per heavy atom. The van der Waals surface area contributed by atoms with Crippen LogP contribution < -0.4 is 5.32 Å². The number of aliphatic hydroxyl groups is 1. The Kier molecular flexibility index (Phi) is 9.75. The van der Waals surface area contributed by atoms with E-state index in [0.717, 1.165) is 30.4 Å². The van der Waals surface area contributed by atoms with Crippen molar-refractivity contribution >= 4 is 11.9 Å². The van der Waals surface area contributed by atoms with Crippen LogP contribution in [0.2, 0.25) is 0 Å². The molecule has 1 amide bonds. The van der Waals surface area contributed by atoms with E-state index in [1.165, 1.54) is 16.7 Å². The highest BCUT2D eigenvalue weighted by Gasteiger charge is 2.43. The first-order valence-electron chi connectivity index (χ1n) is 13.6. The largest absolute Gasteiger partial charge is 0.480 e. The summed E-state index contributed by atoms with van der Waals surface area (Å²) in [5.41, 5.74) is 5.05. The second-order valence-corrected chi connectivity index (χ2v) is 11.7. The van der Waals surface area contributed by atoms with Gasteiger partial charge in [0.2, 0.25) is 0 Å². The lowest BCUT2D eigenvalue weighted by Gasteiger charge is -2.44. The lowest BCUT2D eigenvalue weighted by Crippen LogP contribution is -2.48. The van der Waals surface area contributed by atoms with Crippen LogP contribution in [0.4, 0.5) is 0 Å². The third-order valence-electron chi connectivity index (χ3n) is 8.71. The van der Waals surface area contributed by atoms with E-state index >= 15 is 0 Å². The van der Waals surface area contributed by atoms with Crippen LogP contribution in [0.5, 0.6) is 0 Å². The summed E-state index contributed by atoms with van der Waals surface area (Å²) in [6.07, 6.45) is 3.34. The van der Waals surface area contributed by atoms with Gasteiger partial charge in [0.1, 0.15) is 6.54 Å². The molecule has 0 heterocycles. The first-order valence-corrected chi connectivity index (χ1v) is 13.6. The summed E-state index contributed by atoms with van der Waals surface area (Å²) in [4.78, 5) is 23.3. The number of rotatable bonds is 11. The molecule has 5 nitrogen and oxygen atoms in total. The first-order chi connectivity index (χ1) is 17.2. The fraction of sp³-hybridized carbons (Fsp3) is 0.562. The molecule has 0 fully saturated rings. The molecule has 204 valence electrons. The van der Waals surface area contributed by atoms with E-state index < -0.39 is 18.1 Å². The second-order valence-electron chi connectivity index (χ2n) is 11.7. The molecule has 2 unspecified atom stereocenters. The van der Waals surface area contributed by atoms with E-state index in [0.29, 0.717) is 12.0 Å². The number of nitrogens with one attached hydrogen (secondary N) is 1. The van der Waals surface area contributed by atoms with Crippen molar-refractivity contribution in [3.63, 3.8) is 0 Å². The van der Waals surface area contributed by atoms with Crippen molar-refractivity contribution in [2.45, 2.75) is 99.0 Å². The predicted molar refractivity (Wildman–Crippen MR) is 151 cm³/mol. The number of hydrogen-bond acceptors (Lipinski definition) is 3. The fourth-order valence-corrected chi connectivity index (χ4v) is 6.04. The SMILES string of the molecule is CCC(CC)(c1ccc(CC(C)C(O)(CC)C(C)(C)C)c(C)c1)c1ccc(C(=O)NCC(=O)O)c(C)c1. The molecule has 37 heavy (non-hydrogen) atoms. The van der Waals surface area contributed by atoms with E-state index in [-0.39, 0.29) is 22.7 Å². The Morgan fingerprint density at radius 1 is 0.892 bits per heavy atom. The zero-order chi connectivity index (χ0) is 28.2. The minimum absolute atomic E-state index is 0.117. The highest BCUT2D eigenvalue weighted by molar-refractivity contribution is 5.97. The molecule has 2 atom stereocenters. The predicted octanol–water partition coefficient (Wildman–Crippen LogP) is 6.59. The van der Waals surface area contributed by atoms with Gasteiger partial charge in [-0.1, -0.05) is 78.8 Å². The van der Waals surface area contributed by atoms with Crippen molar-refractivity contribution in [2.75, 3.05) is 6.54 Å². The summed E-state index contributed by atoms with van der Waals surface area (Å²) in [6.45, 7) is 18.6. The summed E-state index contributed by atoms with van der Waals surface area (Å²) in [5.74, 6) is -1.32. The van der Waals surface area contributed by atoms with Crippen LogP contribution in [0.1, 0.15) is 106 Å². The minimum atomic E-state index is -1.07. The van der Waals surface area contributed by atoms with Crippen LogP contribution >= 0.6 is 0 Å². The lowest BCUT2D eigenvalue weighted by molar-refractivity contribution is -0.135. The molecule has 2 rings (SSSR count). The van der Waals surface area contributed by atoms with Crippen molar-refractivity contribution in [1.82, 2.24) is 5.32 Å². The van der Waals surface area contributed by atoms with Gasteiger partial charge in [-0.05, 0) is 84.7 Å². The topological polar surface area (TPSA) is 86.6 Å². The number of carbonyl (C=O) groups is 2.